The Kier molecular flexibility index (Phi) is 6.00. The predicted octanol–water partition coefficient (Wildman–Crippen LogP) is 5.61. The summed E-state index contributed by atoms with van der Waals surface area (Å²) in [5.41, 5.74) is 1.27. The average molecular weight is 300 g/mol. The molecular formula is C16H23Cl2N. The van der Waals surface area contributed by atoms with Gasteiger partial charge in [0.1, 0.15) is 0 Å². The van der Waals surface area contributed by atoms with Crippen LogP contribution < -0.4 is 5.32 Å². The minimum Gasteiger partial charge on any atom is -0.310 e. The molecule has 1 fully saturated rings. The van der Waals surface area contributed by atoms with Crippen molar-refractivity contribution in [3.05, 3.63) is 33.8 Å². The van der Waals surface area contributed by atoms with Crippen molar-refractivity contribution in [1.29, 1.82) is 0 Å². The van der Waals surface area contributed by atoms with E-state index in [1.807, 2.05) is 12.1 Å². The summed E-state index contributed by atoms with van der Waals surface area (Å²) >= 11 is 12.1. The normalized spacial score (nSPS) is 18.5. The second-order valence-electron chi connectivity index (χ2n) is 5.52. The van der Waals surface area contributed by atoms with E-state index in [2.05, 4.69) is 18.3 Å². The third-order valence-electron chi connectivity index (χ3n) is 4.09. The largest absolute Gasteiger partial charge is 0.310 e. The predicted molar refractivity (Wildman–Crippen MR) is 84.1 cm³/mol. The summed E-state index contributed by atoms with van der Waals surface area (Å²) in [7, 11) is 0. The van der Waals surface area contributed by atoms with E-state index < -0.39 is 0 Å². The highest BCUT2D eigenvalue weighted by molar-refractivity contribution is 6.42. The Balaban J connectivity index is 2.07. The summed E-state index contributed by atoms with van der Waals surface area (Å²) in [5, 5.41) is 4.89. The van der Waals surface area contributed by atoms with Gasteiger partial charge in [-0.3, -0.25) is 0 Å². The Morgan fingerprint density at radius 1 is 1.16 bits per heavy atom. The van der Waals surface area contributed by atoms with Crippen molar-refractivity contribution in [3.8, 4) is 0 Å². The van der Waals surface area contributed by atoms with Crippen LogP contribution in [0.1, 0.15) is 57.1 Å². The lowest BCUT2D eigenvalue weighted by Crippen LogP contribution is -2.24. The Labute approximate surface area is 126 Å². The van der Waals surface area contributed by atoms with Crippen LogP contribution in [0.25, 0.3) is 0 Å². The molecule has 0 aliphatic heterocycles. The molecule has 3 heteroatoms. The molecule has 1 aromatic carbocycles. The standard InChI is InChI=1S/C16H23Cl2N/c1-2-19-16(10-12-6-4-3-5-7-12)13-8-9-14(17)15(18)11-13/h8-9,11-12,16,19H,2-7,10H2,1H3. The van der Waals surface area contributed by atoms with Crippen molar-refractivity contribution in [2.45, 2.75) is 51.5 Å². The molecule has 1 unspecified atom stereocenters. The molecule has 1 aliphatic carbocycles. The highest BCUT2D eigenvalue weighted by Gasteiger charge is 2.20. The number of benzene rings is 1. The molecule has 19 heavy (non-hydrogen) atoms. The summed E-state index contributed by atoms with van der Waals surface area (Å²) in [6, 6.07) is 6.43. The Hall–Kier alpha value is -0.240. The number of hydrogen-bond donors (Lipinski definition) is 1. The van der Waals surface area contributed by atoms with Crippen molar-refractivity contribution in [2.75, 3.05) is 6.54 Å². The van der Waals surface area contributed by atoms with Gasteiger partial charge in [0.2, 0.25) is 0 Å². The molecule has 0 bridgehead atoms. The fraction of sp³-hybridized carbons (Fsp3) is 0.625. The van der Waals surface area contributed by atoms with Crippen molar-refractivity contribution in [2.24, 2.45) is 5.92 Å². The third kappa shape index (κ3) is 4.37. The lowest BCUT2D eigenvalue weighted by Gasteiger charge is -2.27. The molecule has 1 aliphatic rings. The first-order chi connectivity index (χ1) is 9.20. The Morgan fingerprint density at radius 2 is 1.89 bits per heavy atom. The highest BCUT2D eigenvalue weighted by Crippen LogP contribution is 2.33. The molecule has 0 spiro atoms. The van der Waals surface area contributed by atoms with Crippen LogP contribution in [0.4, 0.5) is 0 Å². The van der Waals surface area contributed by atoms with E-state index in [1.54, 1.807) is 0 Å². The topological polar surface area (TPSA) is 12.0 Å². The second-order valence-corrected chi connectivity index (χ2v) is 6.34. The van der Waals surface area contributed by atoms with Crippen molar-refractivity contribution in [1.82, 2.24) is 5.32 Å². The fourth-order valence-electron chi connectivity index (χ4n) is 3.07. The van der Waals surface area contributed by atoms with E-state index in [9.17, 15) is 0 Å². The summed E-state index contributed by atoms with van der Waals surface area (Å²) in [4.78, 5) is 0. The van der Waals surface area contributed by atoms with E-state index >= 15 is 0 Å². The molecule has 1 nitrogen and oxygen atoms in total. The second kappa shape index (κ2) is 7.52. The molecule has 0 aromatic heterocycles. The number of nitrogens with one attached hydrogen (secondary N) is 1. The minimum absolute atomic E-state index is 0.405. The number of halogens is 2. The van der Waals surface area contributed by atoms with Crippen molar-refractivity contribution in [3.63, 3.8) is 0 Å². The van der Waals surface area contributed by atoms with Gasteiger partial charge in [0.15, 0.2) is 0 Å². The van der Waals surface area contributed by atoms with Crippen LogP contribution in [0.2, 0.25) is 10.0 Å². The van der Waals surface area contributed by atoms with Crippen LogP contribution in [0.3, 0.4) is 0 Å². The molecular weight excluding hydrogens is 277 g/mol. The highest BCUT2D eigenvalue weighted by atomic mass is 35.5. The van der Waals surface area contributed by atoms with Crippen LogP contribution in [0.5, 0.6) is 0 Å². The van der Waals surface area contributed by atoms with Crippen molar-refractivity contribution >= 4 is 23.2 Å². The quantitative estimate of drug-likeness (QED) is 0.744. The first kappa shape index (κ1) is 15.2. The van der Waals surface area contributed by atoms with E-state index in [0.717, 1.165) is 12.5 Å². The first-order valence-corrected chi connectivity index (χ1v) is 8.14. The molecule has 1 aromatic rings. The summed E-state index contributed by atoms with van der Waals surface area (Å²) in [5.74, 6) is 0.854. The zero-order valence-corrected chi connectivity index (χ0v) is 13.1. The van der Waals surface area contributed by atoms with Crippen LogP contribution in [0.15, 0.2) is 18.2 Å². The van der Waals surface area contributed by atoms with E-state index in [1.165, 1.54) is 44.1 Å². The molecule has 1 N–H and O–H groups in total. The Morgan fingerprint density at radius 3 is 2.53 bits per heavy atom. The van der Waals surface area contributed by atoms with Gasteiger partial charge >= 0.3 is 0 Å². The summed E-state index contributed by atoms with van der Waals surface area (Å²) < 4.78 is 0. The number of rotatable bonds is 5. The van der Waals surface area contributed by atoms with Crippen LogP contribution in [0, 0.1) is 5.92 Å². The van der Waals surface area contributed by atoms with Crippen LogP contribution in [-0.2, 0) is 0 Å². The van der Waals surface area contributed by atoms with Gasteiger partial charge < -0.3 is 5.32 Å². The van der Waals surface area contributed by atoms with Gasteiger partial charge in [0.25, 0.3) is 0 Å². The third-order valence-corrected chi connectivity index (χ3v) is 4.83. The molecule has 0 amide bonds. The summed E-state index contributed by atoms with van der Waals surface area (Å²) in [6.45, 7) is 3.14. The molecule has 1 atom stereocenters. The van der Waals surface area contributed by atoms with Crippen LogP contribution in [-0.4, -0.2) is 6.54 Å². The van der Waals surface area contributed by atoms with Gasteiger partial charge in [-0.05, 0) is 36.6 Å². The lowest BCUT2D eigenvalue weighted by molar-refractivity contribution is 0.301. The summed E-state index contributed by atoms with van der Waals surface area (Å²) in [6.07, 6.45) is 8.17. The van der Waals surface area contributed by atoms with Crippen molar-refractivity contribution < 1.29 is 0 Å². The average Bonchev–Trinajstić information content (AvgIpc) is 2.43. The maximum atomic E-state index is 6.14. The van der Waals surface area contributed by atoms with E-state index in [-0.39, 0.29) is 0 Å². The zero-order chi connectivity index (χ0) is 13.7. The molecule has 1 saturated carbocycles. The SMILES string of the molecule is CCNC(CC1CCCCC1)c1ccc(Cl)c(Cl)c1. The maximum Gasteiger partial charge on any atom is 0.0595 e. The van der Waals surface area contributed by atoms with E-state index in [4.69, 9.17) is 23.2 Å². The van der Waals surface area contributed by atoms with Crippen LogP contribution >= 0.6 is 23.2 Å². The molecule has 106 valence electrons. The van der Waals surface area contributed by atoms with Gasteiger partial charge in [-0.2, -0.15) is 0 Å². The monoisotopic (exact) mass is 299 g/mol. The van der Waals surface area contributed by atoms with Gasteiger partial charge in [-0.15, -0.1) is 0 Å². The van der Waals surface area contributed by atoms with Gasteiger partial charge in [0, 0.05) is 6.04 Å². The zero-order valence-electron chi connectivity index (χ0n) is 11.6. The first-order valence-electron chi connectivity index (χ1n) is 7.39. The Bertz CT molecular complexity index is 400. The maximum absolute atomic E-state index is 6.14. The van der Waals surface area contributed by atoms with Gasteiger partial charge in [-0.1, -0.05) is 68.3 Å². The van der Waals surface area contributed by atoms with Gasteiger partial charge in [-0.25, -0.2) is 0 Å². The smallest absolute Gasteiger partial charge is 0.0595 e. The number of hydrogen-bond acceptors (Lipinski definition) is 1. The molecule has 0 radical (unpaired) electrons. The molecule has 2 rings (SSSR count). The van der Waals surface area contributed by atoms with Gasteiger partial charge in [0.05, 0.1) is 10.0 Å². The molecule has 0 heterocycles. The minimum atomic E-state index is 0.405. The lowest BCUT2D eigenvalue weighted by atomic mass is 9.83. The molecule has 0 saturated heterocycles. The van der Waals surface area contributed by atoms with E-state index in [0.29, 0.717) is 16.1 Å². The fourth-order valence-corrected chi connectivity index (χ4v) is 3.38.